The van der Waals surface area contributed by atoms with Crippen molar-refractivity contribution in [3.63, 3.8) is 0 Å². The highest BCUT2D eigenvalue weighted by Gasteiger charge is 2.28. The van der Waals surface area contributed by atoms with Crippen LogP contribution in [0.3, 0.4) is 0 Å². The highest BCUT2D eigenvalue weighted by atomic mass is 16.3. The van der Waals surface area contributed by atoms with Crippen LogP contribution in [0.15, 0.2) is 16.5 Å². The zero-order valence-electron chi connectivity index (χ0n) is 11.2. The second kappa shape index (κ2) is 5.69. The van der Waals surface area contributed by atoms with Crippen molar-refractivity contribution in [3.8, 4) is 0 Å². The lowest BCUT2D eigenvalue weighted by Crippen LogP contribution is -2.38. The second-order valence-corrected chi connectivity index (χ2v) is 5.10. The van der Waals surface area contributed by atoms with Crippen molar-refractivity contribution in [1.82, 2.24) is 10.2 Å². The Morgan fingerprint density at radius 2 is 2.12 bits per heavy atom. The lowest BCUT2D eigenvalue weighted by atomic mass is 10.3. The number of furan rings is 1. The van der Waals surface area contributed by atoms with Crippen LogP contribution in [0, 0.1) is 0 Å². The van der Waals surface area contributed by atoms with E-state index in [1.54, 1.807) is 0 Å². The van der Waals surface area contributed by atoms with Gasteiger partial charge in [0, 0.05) is 25.0 Å². The van der Waals surface area contributed by atoms with Crippen LogP contribution in [0.4, 0.5) is 0 Å². The van der Waals surface area contributed by atoms with Crippen LogP contribution in [0.5, 0.6) is 0 Å². The van der Waals surface area contributed by atoms with Gasteiger partial charge in [0.05, 0.1) is 6.54 Å². The lowest BCUT2D eigenvalue weighted by molar-refractivity contribution is 0.239. The standard InChI is InChI=1S/C14H24N2O/c1-4-13-7-8-14(17-13)10-15-9-11(2)16(3)12-5-6-12/h7-8,11-12,15H,4-6,9-10H2,1-3H3. The molecule has 1 aromatic heterocycles. The third-order valence-electron chi connectivity index (χ3n) is 3.62. The minimum absolute atomic E-state index is 0.600. The Balaban J connectivity index is 1.67. The van der Waals surface area contributed by atoms with Gasteiger partial charge >= 0.3 is 0 Å². The molecule has 0 aliphatic heterocycles. The minimum Gasteiger partial charge on any atom is -0.465 e. The number of hydrogen-bond acceptors (Lipinski definition) is 3. The summed E-state index contributed by atoms with van der Waals surface area (Å²) < 4.78 is 5.66. The van der Waals surface area contributed by atoms with Gasteiger partial charge in [-0.3, -0.25) is 4.90 Å². The number of nitrogens with zero attached hydrogens (tertiary/aromatic N) is 1. The van der Waals surface area contributed by atoms with Gasteiger partial charge in [-0.15, -0.1) is 0 Å². The van der Waals surface area contributed by atoms with E-state index < -0.39 is 0 Å². The molecule has 1 aromatic rings. The molecule has 0 bridgehead atoms. The van der Waals surface area contributed by atoms with Gasteiger partial charge in [-0.05, 0) is 38.9 Å². The zero-order valence-corrected chi connectivity index (χ0v) is 11.2. The maximum absolute atomic E-state index is 5.66. The molecule has 96 valence electrons. The Kier molecular flexibility index (Phi) is 4.24. The summed E-state index contributed by atoms with van der Waals surface area (Å²) in [6.07, 6.45) is 3.72. The van der Waals surface area contributed by atoms with Crippen LogP contribution in [-0.2, 0) is 13.0 Å². The molecule has 17 heavy (non-hydrogen) atoms. The van der Waals surface area contributed by atoms with Crippen LogP contribution in [0.2, 0.25) is 0 Å². The van der Waals surface area contributed by atoms with Crippen molar-refractivity contribution in [2.75, 3.05) is 13.6 Å². The van der Waals surface area contributed by atoms with E-state index in [2.05, 4.69) is 43.2 Å². The van der Waals surface area contributed by atoms with Gasteiger partial charge in [-0.1, -0.05) is 6.92 Å². The molecule has 2 rings (SSSR count). The number of hydrogen-bond donors (Lipinski definition) is 1. The Hall–Kier alpha value is -0.800. The Morgan fingerprint density at radius 3 is 2.71 bits per heavy atom. The fourth-order valence-electron chi connectivity index (χ4n) is 2.10. The summed E-state index contributed by atoms with van der Waals surface area (Å²) in [6, 6.07) is 5.57. The summed E-state index contributed by atoms with van der Waals surface area (Å²) in [7, 11) is 2.23. The predicted octanol–water partition coefficient (Wildman–Crippen LogP) is 2.41. The van der Waals surface area contributed by atoms with Gasteiger partial charge < -0.3 is 9.73 Å². The Morgan fingerprint density at radius 1 is 1.41 bits per heavy atom. The molecule has 1 aliphatic rings. The topological polar surface area (TPSA) is 28.4 Å². The quantitative estimate of drug-likeness (QED) is 0.788. The number of aryl methyl sites for hydroxylation is 1. The fourth-order valence-corrected chi connectivity index (χ4v) is 2.10. The van der Waals surface area contributed by atoms with Gasteiger partial charge in [0.1, 0.15) is 11.5 Å². The molecule has 0 radical (unpaired) electrons. The van der Waals surface area contributed by atoms with E-state index in [1.807, 2.05) is 0 Å². The highest BCUT2D eigenvalue weighted by Crippen LogP contribution is 2.26. The number of likely N-dealkylation sites (N-methyl/N-ethyl adjacent to an activating group) is 1. The van der Waals surface area contributed by atoms with Crippen LogP contribution < -0.4 is 5.32 Å². The van der Waals surface area contributed by atoms with Crippen LogP contribution in [0.1, 0.15) is 38.2 Å². The first-order chi connectivity index (χ1) is 8.20. The van der Waals surface area contributed by atoms with E-state index >= 15 is 0 Å². The molecule has 1 fully saturated rings. The van der Waals surface area contributed by atoms with Gasteiger partial charge in [0.25, 0.3) is 0 Å². The maximum Gasteiger partial charge on any atom is 0.117 e. The highest BCUT2D eigenvalue weighted by molar-refractivity contribution is 5.06. The van der Waals surface area contributed by atoms with Crippen molar-refractivity contribution in [3.05, 3.63) is 23.7 Å². The molecule has 1 heterocycles. The van der Waals surface area contributed by atoms with E-state index in [9.17, 15) is 0 Å². The minimum atomic E-state index is 0.600. The molecule has 3 heteroatoms. The molecule has 0 amide bonds. The first-order valence-electron chi connectivity index (χ1n) is 6.71. The molecule has 0 saturated heterocycles. The maximum atomic E-state index is 5.66. The van der Waals surface area contributed by atoms with Crippen molar-refractivity contribution >= 4 is 0 Å². The Labute approximate surface area is 104 Å². The van der Waals surface area contributed by atoms with Gasteiger partial charge in [-0.2, -0.15) is 0 Å². The summed E-state index contributed by atoms with van der Waals surface area (Å²) >= 11 is 0. The molecule has 1 aliphatic carbocycles. The smallest absolute Gasteiger partial charge is 0.117 e. The molecule has 1 atom stereocenters. The van der Waals surface area contributed by atoms with Crippen LogP contribution in [0.25, 0.3) is 0 Å². The monoisotopic (exact) mass is 236 g/mol. The van der Waals surface area contributed by atoms with Crippen molar-refractivity contribution in [1.29, 1.82) is 0 Å². The number of rotatable bonds is 7. The summed E-state index contributed by atoms with van der Waals surface area (Å²) in [4.78, 5) is 2.48. The summed E-state index contributed by atoms with van der Waals surface area (Å²) in [5, 5.41) is 3.47. The SMILES string of the molecule is CCc1ccc(CNCC(C)N(C)C2CC2)o1. The normalized spacial score (nSPS) is 17.6. The molecule has 3 nitrogen and oxygen atoms in total. The first-order valence-corrected chi connectivity index (χ1v) is 6.71. The fraction of sp³-hybridized carbons (Fsp3) is 0.714. The molecule has 0 spiro atoms. The molecule has 0 aromatic carbocycles. The van der Waals surface area contributed by atoms with E-state index in [-0.39, 0.29) is 0 Å². The van der Waals surface area contributed by atoms with Crippen molar-refractivity contribution in [2.45, 2.75) is 51.7 Å². The van der Waals surface area contributed by atoms with E-state index in [4.69, 9.17) is 4.42 Å². The summed E-state index contributed by atoms with van der Waals surface area (Å²) in [5.74, 6) is 2.12. The lowest BCUT2D eigenvalue weighted by Gasteiger charge is -2.24. The van der Waals surface area contributed by atoms with Gasteiger partial charge in [0.2, 0.25) is 0 Å². The predicted molar refractivity (Wildman–Crippen MR) is 70.0 cm³/mol. The Bertz CT molecular complexity index is 344. The van der Waals surface area contributed by atoms with E-state index in [1.165, 1.54) is 12.8 Å². The second-order valence-electron chi connectivity index (χ2n) is 5.10. The summed E-state index contributed by atoms with van der Waals surface area (Å²) in [5.41, 5.74) is 0. The molecular weight excluding hydrogens is 212 g/mol. The van der Waals surface area contributed by atoms with Gasteiger partial charge in [-0.25, -0.2) is 0 Å². The average molecular weight is 236 g/mol. The third-order valence-corrected chi connectivity index (χ3v) is 3.62. The van der Waals surface area contributed by atoms with E-state index in [0.717, 1.165) is 37.1 Å². The zero-order chi connectivity index (χ0) is 12.3. The molecule has 1 N–H and O–H groups in total. The number of nitrogens with one attached hydrogen (secondary N) is 1. The molecule has 1 unspecified atom stereocenters. The summed E-state index contributed by atoms with van der Waals surface area (Å²) in [6.45, 7) is 6.26. The molecular formula is C14H24N2O. The van der Waals surface area contributed by atoms with Crippen LogP contribution in [-0.4, -0.2) is 30.6 Å². The van der Waals surface area contributed by atoms with Crippen molar-refractivity contribution in [2.24, 2.45) is 0 Å². The largest absolute Gasteiger partial charge is 0.465 e. The average Bonchev–Trinajstić information content (AvgIpc) is 3.08. The van der Waals surface area contributed by atoms with Crippen LogP contribution >= 0.6 is 0 Å². The first kappa shape index (κ1) is 12.7. The van der Waals surface area contributed by atoms with E-state index in [0.29, 0.717) is 6.04 Å². The molecule has 1 saturated carbocycles. The third kappa shape index (κ3) is 3.58. The van der Waals surface area contributed by atoms with Gasteiger partial charge in [0.15, 0.2) is 0 Å². The van der Waals surface area contributed by atoms with Crippen molar-refractivity contribution < 1.29 is 4.42 Å².